The molecule has 0 saturated heterocycles. The average molecular weight is 422 g/mol. The molecule has 30 heavy (non-hydrogen) atoms. The minimum Gasteiger partial charge on any atom is -0.378 e. The van der Waals surface area contributed by atoms with Crippen LogP contribution in [0.25, 0.3) is 0 Å². The highest BCUT2D eigenvalue weighted by atomic mass is 35.5. The van der Waals surface area contributed by atoms with Crippen LogP contribution in [0, 0.1) is 0 Å². The molecule has 0 radical (unpaired) electrons. The topological polar surface area (TPSA) is 69.3 Å². The van der Waals surface area contributed by atoms with Crippen molar-refractivity contribution in [3.63, 3.8) is 0 Å². The lowest BCUT2D eigenvalue weighted by atomic mass is 9.94. The van der Waals surface area contributed by atoms with Gasteiger partial charge < -0.3 is 20.9 Å². The third-order valence-electron chi connectivity index (χ3n) is 5.22. The Kier molecular flexibility index (Phi) is 5.50. The summed E-state index contributed by atoms with van der Waals surface area (Å²) in [7, 11) is 3.97. The average Bonchev–Trinajstić information content (AvgIpc) is 3.13. The number of nitrogens with one attached hydrogen (secondary N) is 3. The highest BCUT2D eigenvalue weighted by Gasteiger charge is 2.38. The number of aromatic nitrogens is 1. The number of amides is 1. The number of pyridine rings is 1. The van der Waals surface area contributed by atoms with Crippen LogP contribution in [0.5, 0.6) is 0 Å². The van der Waals surface area contributed by atoms with Gasteiger partial charge in [0, 0.05) is 49.5 Å². The molecule has 3 aromatic rings. The molecule has 1 unspecified atom stereocenters. The number of fused-ring (bicyclic) bond motifs is 1. The van der Waals surface area contributed by atoms with Crippen LogP contribution < -0.4 is 20.9 Å². The molecule has 0 fully saturated rings. The van der Waals surface area contributed by atoms with Crippen LogP contribution in [0.15, 0.2) is 66.9 Å². The van der Waals surface area contributed by atoms with Crippen molar-refractivity contribution < 1.29 is 4.79 Å². The van der Waals surface area contributed by atoms with Gasteiger partial charge in [0.15, 0.2) is 5.82 Å². The Morgan fingerprint density at radius 1 is 1.07 bits per heavy atom. The smallest absolute Gasteiger partial charge is 0.224 e. The van der Waals surface area contributed by atoms with Gasteiger partial charge in [0.1, 0.15) is 5.66 Å². The summed E-state index contributed by atoms with van der Waals surface area (Å²) in [6.45, 7) is 0. The van der Waals surface area contributed by atoms with Crippen LogP contribution in [0.4, 0.5) is 22.9 Å². The van der Waals surface area contributed by atoms with Gasteiger partial charge in [0.05, 0.1) is 5.69 Å². The first-order valence-electron chi connectivity index (χ1n) is 9.80. The van der Waals surface area contributed by atoms with E-state index in [4.69, 9.17) is 11.6 Å². The first-order chi connectivity index (χ1) is 14.4. The second kappa shape index (κ2) is 8.24. The van der Waals surface area contributed by atoms with Crippen molar-refractivity contribution in [2.24, 2.45) is 0 Å². The third-order valence-corrected chi connectivity index (χ3v) is 5.47. The maximum absolute atomic E-state index is 12.7. The number of halogens is 1. The second-order valence-electron chi connectivity index (χ2n) is 7.55. The molecule has 1 aromatic heterocycles. The Balaban J connectivity index is 1.49. The summed E-state index contributed by atoms with van der Waals surface area (Å²) < 4.78 is 0. The molecule has 1 amide bonds. The third kappa shape index (κ3) is 4.19. The zero-order valence-electron chi connectivity index (χ0n) is 16.9. The summed E-state index contributed by atoms with van der Waals surface area (Å²) in [6, 6.07) is 19.3. The van der Waals surface area contributed by atoms with Crippen molar-refractivity contribution in [1.29, 1.82) is 0 Å². The molecular weight excluding hydrogens is 398 g/mol. The molecule has 1 aliphatic heterocycles. The van der Waals surface area contributed by atoms with Gasteiger partial charge in [0.2, 0.25) is 5.91 Å². The molecular formula is C23H24ClN5O. The van der Waals surface area contributed by atoms with Crippen molar-refractivity contribution in [2.45, 2.75) is 18.5 Å². The van der Waals surface area contributed by atoms with Gasteiger partial charge in [-0.1, -0.05) is 23.7 Å². The van der Waals surface area contributed by atoms with Crippen LogP contribution in [-0.2, 0) is 10.5 Å². The molecule has 0 spiro atoms. The fourth-order valence-electron chi connectivity index (χ4n) is 3.58. The molecule has 2 aromatic carbocycles. The predicted molar refractivity (Wildman–Crippen MR) is 123 cm³/mol. The van der Waals surface area contributed by atoms with Gasteiger partial charge in [-0.2, -0.15) is 0 Å². The quantitative estimate of drug-likeness (QED) is 0.527. The normalized spacial score (nSPS) is 16.9. The summed E-state index contributed by atoms with van der Waals surface area (Å²) in [5, 5.41) is 10.6. The Morgan fingerprint density at radius 2 is 1.80 bits per heavy atom. The zero-order chi connectivity index (χ0) is 21.1. The van der Waals surface area contributed by atoms with Crippen LogP contribution in [0.1, 0.15) is 18.4 Å². The van der Waals surface area contributed by atoms with Crippen LogP contribution in [-0.4, -0.2) is 25.0 Å². The maximum atomic E-state index is 12.7. The summed E-state index contributed by atoms with van der Waals surface area (Å²) >= 11 is 6.08. The van der Waals surface area contributed by atoms with Crippen molar-refractivity contribution in [3.8, 4) is 0 Å². The van der Waals surface area contributed by atoms with E-state index in [0.717, 1.165) is 28.4 Å². The molecule has 4 rings (SSSR count). The van der Waals surface area contributed by atoms with E-state index in [1.807, 2.05) is 79.7 Å². The Hall–Kier alpha value is -3.25. The number of carbonyl (C=O) groups is 1. The Bertz CT molecular complexity index is 1010. The molecule has 7 heteroatoms. The minimum absolute atomic E-state index is 0.0477. The van der Waals surface area contributed by atoms with Crippen molar-refractivity contribution in [1.82, 2.24) is 4.98 Å². The van der Waals surface area contributed by atoms with Crippen molar-refractivity contribution in [2.75, 3.05) is 34.9 Å². The largest absolute Gasteiger partial charge is 0.378 e. The molecule has 0 aliphatic carbocycles. The first kappa shape index (κ1) is 20.0. The van der Waals surface area contributed by atoms with E-state index in [1.165, 1.54) is 0 Å². The van der Waals surface area contributed by atoms with Crippen molar-refractivity contribution in [3.05, 3.63) is 77.4 Å². The Labute approximate surface area is 181 Å². The fourth-order valence-corrected chi connectivity index (χ4v) is 3.71. The highest BCUT2D eigenvalue weighted by molar-refractivity contribution is 6.30. The molecule has 1 atom stereocenters. The van der Waals surface area contributed by atoms with Gasteiger partial charge in [0.25, 0.3) is 0 Å². The molecule has 3 N–H and O–H groups in total. The van der Waals surface area contributed by atoms with E-state index in [-0.39, 0.29) is 5.91 Å². The number of nitrogens with zero attached hydrogens (tertiary/aromatic N) is 2. The summed E-state index contributed by atoms with van der Waals surface area (Å²) in [5.74, 6) is 0.723. The number of hydrogen-bond donors (Lipinski definition) is 3. The lowest BCUT2D eigenvalue weighted by Gasteiger charge is -2.31. The zero-order valence-corrected chi connectivity index (χ0v) is 17.7. The van der Waals surface area contributed by atoms with Crippen molar-refractivity contribution >= 4 is 40.4 Å². The van der Waals surface area contributed by atoms with Gasteiger partial charge in [-0.25, -0.2) is 4.98 Å². The number of hydrogen-bond acceptors (Lipinski definition) is 5. The number of anilines is 4. The monoisotopic (exact) mass is 421 g/mol. The standard InChI is InChI=1S/C23H24ClN5O/c1-29(2)19-11-9-18(10-12-19)26-21(30)13-14-23(16-5-7-17(24)8-6-16)27-20-4-3-15-25-22(20)28-23/h3-12,15,27H,13-14H2,1-2H3,(H,25,28)(H,26,30). The SMILES string of the molecule is CN(C)c1ccc(NC(=O)CCC2(c3ccc(Cl)cc3)Nc3cccnc3N2)cc1. The van der Waals surface area contributed by atoms with Gasteiger partial charge in [-0.15, -0.1) is 0 Å². The predicted octanol–water partition coefficient (Wildman–Crippen LogP) is 4.91. The fraction of sp³-hybridized carbons (Fsp3) is 0.217. The first-order valence-corrected chi connectivity index (χ1v) is 10.2. The van der Waals surface area contributed by atoms with Crippen LogP contribution in [0.3, 0.4) is 0 Å². The molecule has 6 nitrogen and oxygen atoms in total. The van der Waals surface area contributed by atoms with E-state index < -0.39 is 5.66 Å². The van der Waals surface area contributed by atoms with Crippen LogP contribution >= 0.6 is 11.6 Å². The highest BCUT2D eigenvalue weighted by Crippen LogP contribution is 2.41. The maximum Gasteiger partial charge on any atom is 0.224 e. The van der Waals surface area contributed by atoms with Gasteiger partial charge in [-0.05, 0) is 54.1 Å². The molecule has 2 heterocycles. The van der Waals surface area contributed by atoms with Gasteiger partial charge in [-0.3, -0.25) is 4.79 Å². The van der Waals surface area contributed by atoms with E-state index in [9.17, 15) is 4.79 Å². The number of rotatable bonds is 6. The lowest BCUT2D eigenvalue weighted by Crippen LogP contribution is -2.39. The summed E-state index contributed by atoms with van der Waals surface area (Å²) in [6.07, 6.45) is 2.61. The lowest BCUT2D eigenvalue weighted by molar-refractivity contribution is -0.116. The molecule has 154 valence electrons. The summed E-state index contributed by atoms with van der Waals surface area (Å²) in [5.41, 5.74) is 3.14. The summed E-state index contributed by atoms with van der Waals surface area (Å²) in [4.78, 5) is 19.1. The minimum atomic E-state index is -0.632. The van der Waals surface area contributed by atoms with E-state index in [1.54, 1.807) is 6.20 Å². The van der Waals surface area contributed by atoms with E-state index in [2.05, 4.69) is 20.9 Å². The van der Waals surface area contributed by atoms with Crippen LogP contribution in [0.2, 0.25) is 5.02 Å². The van der Waals surface area contributed by atoms with E-state index >= 15 is 0 Å². The molecule has 0 saturated carbocycles. The van der Waals surface area contributed by atoms with E-state index in [0.29, 0.717) is 17.9 Å². The molecule has 1 aliphatic rings. The number of carbonyl (C=O) groups excluding carboxylic acids is 1. The second-order valence-corrected chi connectivity index (χ2v) is 7.99. The Morgan fingerprint density at radius 3 is 2.47 bits per heavy atom. The van der Waals surface area contributed by atoms with Gasteiger partial charge >= 0.3 is 0 Å². The number of benzene rings is 2. The molecule has 0 bridgehead atoms.